The normalized spacial score (nSPS) is 17.4. The molecule has 3 N–H and O–H groups in total. The molecule has 6 rings (SSSR count). The molecule has 2 aliphatic heterocycles. The zero-order valence-electron chi connectivity index (χ0n) is 24.7. The summed E-state index contributed by atoms with van der Waals surface area (Å²) in [5, 5.41) is 10.0. The second-order valence-electron chi connectivity index (χ2n) is 11.5. The average molecular weight is 624 g/mol. The molecule has 0 unspecified atom stereocenters. The molecule has 0 radical (unpaired) electrons. The van der Waals surface area contributed by atoms with E-state index in [1.54, 1.807) is 0 Å². The molecule has 1 aliphatic carbocycles. The smallest absolute Gasteiger partial charge is 0.316 e. The molecule has 234 valence electrons. The molecule has 3 aromatic rings. The number of carboxylic acid groups (broad SMARTS) is 1. The van der Waals surface area contributed by atoms with Gasteiger partial charge >= 0.3 is 5.97 Å². The lowest BCUT2D eigenvalue weighted by Gasteiger charge is -2.37. The minimum absolute atomic E-state index is 0.150. The highest BCUT2D eigenvalue weighted by atomic mass is 35.5. The number of nitrogen functional groups attached to an aromatic ring is 1. The molecule has 11 nitrogen and oxygen atoms in total. The Morgan fingerprint density at radius 1 is 1.00 bits per heavy atom. The van der Waals surface area contributed by atoms with Crippen molar-refractivity contribution in [1.82, 2.24) is 14.9 Å². The number of aliphatic carboxylic acids is 1. The Hall–Kier alpha value is -3.48. The van der Waals surface area contributed by atoms with Gasteiger partial charge < -0.3 is 34.7 Å². The van der Waals surface area contributed by atoms with Crippen LogP contribution in [0, 0.1) is 5.41 Å². The summed E-state index contributed by atoms with van der Waals surface area (Å²) in [5.41, 5.74) is 10.7. The predicted octanol–water partition coefficient (Wildman–Crippen LogP) is 3.31. The number of carboxylic acids is 1. The van der Waals surface area contributed by atoms with E-state index in [1.165, 1.54) is 5.56 Å². The van der Waals surface area contributed by atoms with Gasteiger partial charge in [-0.2, -0.15) is 4.98 Å². The van der Waals surface area contributed by atoms with Crippen LogP contribution in [0.2, 0.25) is 5.02 Å². The van der Waals surface area contributed by atoms with Crippen molar-refractivity contribution < 1.29 is 28.8 Å². The SMILES string of the molecule is Nc1nc2c(c(N3CCN(CCOCCOCC4(C(=O)O)COC4)CC3)n1)CCc1cc(OCc3ccc(Cl)cc3)ccc1-2. The van der Waals surface area contributed by atoms with Crippen LogP contribution in [0.4, 0.5) is 11.8 Å². The first kappa shape index (κ1) is 30.5. The molecule has 12 heteroatoms. The van der Waals surface area contributed by atoms with E-state index in [1.807, 2.05) is 30.3 Å². The van der Waals surface area contributed by atoms with Gasteiger partial charge in [0.05, 0.1) is 45.3 Å². The van der Waals surface area contributed by atoms with Crippen LogP contribution < -0.4 is 15.4 Å². The zero-order valence-corrected chi connectivity index (χ0v) is 25.4. The number of hydrogen-bond donors (Lipinski definition) is 2. The number of nitrogens with two attached hydrogens (primary N) is 1. The Morgan fingerprint density at radius 3 is 2.50 bits per heavy atom. The van der Waals surface area contributed by atoms with Gasteiger partial charge in [0.25, 0.3) is 0 Å². The molecule has 0 spiro atoms. The van der Waals surface area contributed by atoms with Gasteiger partial charge in [-0.05, 0) is 54.3 Å². The van der Waals surface area contributed by atoms with Crippen LogP contribution in [0.5, 0.6) is 5.75 Å². The van der Waals surface area contributed by atoms with E-state index < -0.39 is 11.4 Å². The minimum Gasteiger partial charge on any atom is -0.489 e. The third-order valence-electron chi connectivity index (χ3n) is 8.48. The number of anilines is 2. The molecule has 0 bridgehead atoms. The highest BCUT2D eigenvalue weighted by Crippen LogP contribution is 2.38. The molecule has 3 heterocycles. The van der Waals surface area contributed by atoms with Gasteiger partial charge in [0.15, 0.2) is 0 Å². The van der Waals surface area contributed by atoms with Gasteiger partial charge in [-0.3, -0.25) is 9.69 Å². The number of fused-ring (bicyclic) bond motifs is 3. The molecule has 0 atom stereocenters. The molecule has 0 saturated carbocycles. The fourth-order valence-electron chi connectivity index (χ4n) is 5.79. The van der Waals surface area contributed by atoms with E-state index >= 15 is 0 Å². The number of aryl methyl sites for hydroxylation is 1. The van der Waals surface area contributed by atoms with Crippen LogP contribution in [0.15, 0.2) is 42.5 Å². The number of rotatable bonds is 13. The average Bonchev–Trinajstić information content (AvgIpc) is 3.01. The molecule has 3 aliphatic rings. The number of halogens is 1. The third kappa shape index (κ3) is 6.92. The molecular weight excluding hydrogens is 586 g/mol. The fraction of sp³-hybridized carbons (Fsp3) is 0.469. The summed E-state index contributed by atoms with van der Waals surface area (Å²) in [5.74, 6) is 1.18. The summed E-state index contributed by atoms with van der Waals surface area (Å²) in [6.07, 6.45) is 1.72. The first-order valence-electron chi connectivity index (χ1n) is 15.0. The molecule has 2 aromatic carbocycles. The van der Waals surface area contributed by atoms with Gasteiger partial charge in [-0.15, -0.1) is 0 Å². The lowest BCUT2D eigenvalue weighted by molar-refractivity contribution is -0.192. The Labute approximate surface area is 261 Å². The quantitative estimate of drug-likeness (QED) is 0.272. The monoisotopic (exact) mass is 623 g/mol. The number of carbonyl (C=O) groups is 1. The zero-order chi connectivity index (χ0) is 30.5. The number of piperazine rings is 1. The van der Waals surface area contributed by atoms with Gasteiger partial charge in [0.2, 0.25) is 5.95 Å². The summed E-state index contributed by atoms with van der Waals surface area (Å²) < 4.78 is 22.4. The Balaban J connectivity index is 0.985. The van der Waals surface area contributed by atoms with Crippen molar-refractivity contribution in [2.24, 2.45) is 5.41 Å². The number of nitrogens with zero attached hydrogens (tertiary/aromatic N) is 4. The maximum absolute atomic E-state index is 11.4. The van der Waals surface area contributed by atoms with Crippen LogP contribution in [0.3, 0.4) is 0 Å². The van der Waals surface area contributed by atoms with Crippen LogP contribution in [-0.2, 0) is 38.5 Å². The lowest BCUT2D eigenvalue weighted by atomic mass is 9.87. The maximum atomic E-state index is 11.4. The van der Waals surface area contributed by atoms with Crippen LogP contribution in [-0.4, -0.2) is 98.3 Å². The number of hydrogen-bond acceptors (Lipinski definition) is 10. The Morgan fingerprint density at radius 2 is 1.77 bits per heavy atom. The van der Waals surface area contributed by atoms with Crippen LogP contribution in [0.25, 0.3) is 11.3 Å². The van der Waals surface area contributed by atoms with E-state index in [-0.39, 0.29) is 25.8 Å². The summed E-state index contributed by atoms with van der Waals surface area (Å²) in [6.45, 7) is 6.71. The van der Waals surface area contributed by atoms with E-state index in [9.17, 15) is 9.90 Å². The predicted molar refractivity (Wildman–Crippen MR) is 166 cm³/mol. The summed E-state index contributed by atoms with van der Waals surface area (Å²) in [7, 11) is 0. The third-order valence-corrected chi connectivity index (χ3v) is 8.73. The van der Waals surface area contributed by atoms with Gasteiger partial charge in [0.1, 0.15) is 23.6 Å². The van der Waals surface area contributed by atoms with Gasteiger partial charge in [0, 0.05) is 48.9 Å². The molecule has 2 saturated heterocycles. The van der Waals surface area contributed by atoms with Crippen molar-refractivity contribution >= 4 is 29.3 Å². The number of benzene rings is 2. The Bertz CT molecular complexity index is 1460. The highest BCUT2D eigenvalue weighted by molar-refractivity contribution is 6.30. The van der Waals surface area contributed by atoms with Crippen molar-refractivity contribution in [2.75, 3.05) is 83.0 Å². The van der Waals surface area contributed by atoms with Crippen LogP contribution in [0.1, 0.15) is 16.7 Å². The standard InChI is InChI=1S/C32H38ClN5O6/c33-24-4-1-22(2-5-24)18-44-25-6-8-26-23(17-25)3-7-27-28(26)35-31(34)36-29(27)38-11-9-37(10-12-38)13-14-41-15-16-42-19-32(30(39)40)20-43-21-32/h1-2,4-6,8,17H,3,7,9-16,18-21H2,(H,39,40)(H2,34,35,36). The van der Waals surface area contributed by atoms with Crippen LogP contribution >= 0.6 is 11.6 Å². The lowest BCUT2D eigenvalue weighted by Crippen LogP contribution is -2.52. The first-order valence-corrected chi connectivity index (χ1v) is 15.4. The van der Waals surface area contributed by atoms with Crippen molar-refractivity contribution in [3.05, 3.63) is 64.2 Å². The fourth-order valence-corrected chi connectivity index (χ4v) is 5.92. The van der Waals surface area contributed by atoms with E-state index in [0.29, 0.717) is 31.5 Å². The van der Waals surface area contributed by atoms with Crippen molar-refractivity contribution in [3.8, 4) is 17.0 Å². The van der Waals surface area contributed by atoms with Crippen molar-refractivity contribution in [2.45, 2.75) is 19.4 Å². The largest absolute Gasteiger partial charge is 0.489 e. The van der Waals surface area contributed by atoms with Gasteiger partial charge in [-0.1, -0.05) is 23.7 Å². The molecular formula is C32H38ClN5O6. The van der Waals surface area contributed by atoms with Crippen molar-refractivity contribution in [3.63, 3.8) is 0 Å². The molecule has 2 fully saturated rings. The molecule has 44 heavy (non-hydrogen) atoms. The summed E-state index contributed by atoms with van der Waals surface area (Å²) >= 11 is 6.00. The van der Waals surface area contributed by atoms with Gasteiger partial charge in [-0.25, -0.2) is 4.98 Å². The molecule has 1 aromatic heterocycles. The summed E-state index contributed by atoms with van der Waals surface area (Å²) in [4.78, 5) is 25.4. The second-order valence-corrected chi connectivity index (χ2v) is 12.0. The molecule has 0 amide bonds. The maximum Gasteiger partial charge on any atom is 0.316 e. The number of ether oxygens (including phenoxy) is 4. The van der Waals surface area contributed by atoms with E-state index in [0.717, 1.165) is 79.5 Å². The van der Waals surface area contributed by atoms with E-state index in [4.69, 9.17) is 41.3 Å². The Kier molecular flexibility index (Phi) is 9.48. The minimum atomic E-state index is -0.895. The topological polar surface area (TPSA) is 133 Å². The highest BCUT2D eigenvalue weighted by Gasteiger charge is 2.46. The first-order chi connectivity index (χ1) is 21.4. The number of aromatic nitrogens is 2. The summed E-state index contributed by atoms with van der Waals surface area (Å²) in [6, 6.07) is 13.9. The van der Waals surface area contributed by atoms with Crippen molar-refractivity contribution in [1.29, 1.82) is 0 Å². The van der Waals surface area contributed by atoms with E-state index in [2.05, 4.69) is 26.9 Å². The second kappa shape index (κ2) is 13.7.